The molecule has 1 amide bonds. The highest BCUT2D eigenvalue weighted by Crippen LogP contribution is 2.22. The highest BCUT2D eigenvalue weighted by atomic mass is 32.1. The van der Waals surface area contributed by atoms with E-state index in [4.69, 9.17) is 18.0 Å². The summed E-state index contributed by atoms with van der Waals surface area (Å²) in [4.78, 5) is 14.3. The molecule has 3 nitrogen and oxygen atoms in total. The fourth-order valence-electron chi connectivity index (χ4n) is 1.81. The van der Waals surface area contributed by atoms with E-state index in [-0.39, 0.29) is 11.3 Å². The Bertz CT molecular complexity index is 460. The summed E-state index contributed by atoms with van der Waals surface area (Å²) in [7, 11) is 0. The molecular weight excluding hydrogens is 256 g/mol. The summed E-state index contributed by atoms with van der Waals surface area (Å²) < 4.78 is 0. The van der Waals surface area contributed by atoms with E-state index in [1.807, 2.05) is 31.2 Å². The van der Waals surface area contributed by atoms with Gasteiger partial charge >= 0.3 is 0 Å². The first-order valence-electron chi connectivity index (χ1n) is 6.44. The van der Waals surface area contributed by atoms with E-state index in [1.54, 1.807) is 4.90 Å². The number of hydrogen-bond acceptors (Lipinski definition) is 2. The largest absolute Gasteiger partial charge is 0.392 e. The molecule has 0 fully saturated rings. The third kappa shape index (κ3) is 4.31. The molecule has 104 valence electrons. The van der Waals surface area contributed by atoms with Gasteiger partial charge in [-0.3, -0.25) is 4.79 Å². The van der Waals surface area contributed by atoms with Crippen LogP contribution >= 0.6 is 12.2 Å². The Hall–Kier alpha value is -1.42. The monoisotopic (exact) mass is 278 g/mol. The van der Waals surface area contributed by atoms with Crippen molar-refractivity contribution in [1.29, 1.82) is 0 Å². The van der Waals surface area contributed by atoms with Gasteiger partial charge in [-0.05, 0) is 30.0 Å². The zero-order valence-corrected chi connectivity index (χ0v) is 12.9. The fraction of sp³-hybridized carbons (Fsp3) is 0.467. The maximum atomic E-state index is 12.3. The Labute approximate surface area is 120 Å². The van der Waals surface area contributed by atoms with E-state index in [2.05, 4.69) is 20.8 Å². The Kier molecular flexibility index (Phi) is 5.06. The van der Waals surface area contributed by atoms with Crippen LogP contribution in [0.15, 0.2) is 24.3 Å². The van der Waals surface area contributed by atoms with E-state index in [0.717, 1.165) is 0 Å². The molecule has 0 radical (unpaired) electrons. The van der Waals surface area contributed by atoms with Crippen molar-refractivity contribution in [2.24, 2.45) is 5.73 Å². The van der Waals surface area contributed by atoms with Crippen LogP contribution in [-0.2, 0) is 5.41 Å². The second-order valence-corrected chi connectivity index (χ2v) is 6.14. The fourth-order valence-corrected chi connectivity index (χ4v) is 1.97. The molecule has 2 N–H and O–H groups in total. The standard InChI is InChI=1S/C15H22N2OS/c1-5-17(10-13(16)19)14(18)11-6-8-12(9-7-11)15(2,3)4/h6-9H,5,10H2,1-4H3,(H2,16,19). The Morgan fingerprint density at radius 3 is 2.16 bits per heavy atom. The van der Waals surface area contributed by atoms with Crippen LogP contribution in [0.4, 0.5) is 0 Å². The number of rotatable bonds is 4. The van der Waals surface area contributed by atoms with Gasteiger partial charge in [-0.15, -0.1) is 0 Å². The minimum absolute atomic E-state index is 0.0317. The summed E-state index contributed by atoms with van der Waals surface area (Å²) >= 11 is 4.86. The second kappa shape index (κ2) is 6.15. The Balaban J connectivity index is 2.91. The smallest absolute Gasteiger partial charge is 0.254 e. The molecule has 0 aliphatic carbocycles. The second-order valence-electron chi connectivity index (χ2n) is 5.61. The lowest BCUT2D eigenvalue weighted by molar-refractivity contribution is 0.0788. The first kappa shape index (κ1) is 15.6. The molecule has 19 heavy (non-hydrogen) atoms. The van der Waals surface area contributed by atoms with Crippen molar-refractivity contribution >= 4 is 23.1 Å². The van der Waals surface area contributed by atoms with Gasteiger partial charge in [0.15, 0.2) is 0 Å². The molecule has 1 aromatic rings. The minimum atomic E-state index is -0.0317. The average Bonchev–Trinajstić information content (AvgIpc) is 2.34. The first-order chi connectivity index (χ1) is 8.75. The van der Waals surface area contributed by atoms with Crippen LogP contribution in [-0.4, -0.2) is 28.9 Å². The van der Waals surface area contributed by atoms with Crippen molar-refractivity contribution in [3.8, 4) is 0 Å². The Morgan fingerprint density at radius 1 is 1.26 bits per heavy atom. The average molecular weight is 278 g/mol. The molecule has 1 rings (SSSR count). The number of carbonyl (C=O) groups excluding carboxylic acids is 1. The van der Waals surface area contributed by atoms with Gasteiger partial charge in [0, 0.05) is 12.1 Å². The summed E-state index contributed by atoms with van der Waals surface area (Å²) in [6.07, 6.45) is 0. The van der Waals surface area contributed by atoms with Crippen molar-refractivity contribution in [3.63, 3.8) is 0 Å². The molecular formula is C15H22N2OS. The zero-order chi connectivity index (χ0) is 14.6. The molecule has 1 aromatic carbocycles. The van der Waals surface area contributed by atoms with Crippen LogP contribution in [0.3, 0.4) is 0 Å². The normalized spacial score (nSPS) is 11.2. The van der Waals surface area contributed by atoms with E-state index in [9.17, 15) is 4.79 Å². The van der Waals surface area contributed by atoms with Crippen LogP contribution in [0.1, 0.15) is 43.6 Å². The summed E-state index contributed by atoms with van der Waals surface area (Å²) in [6.45, 7) is 9.28. The van der Waals surface area contributed by atoms with Gasteiger partial charge in [0.05, 0.1) is 11.5 Å². The van der Waals surface area contributed by atoms with Crippen molar-refractivity contribution < 1.29 is 4.79 Å². The number of nitrogens with two attached hydrogens (primary N) is 1. The number of amides is 1. The van der Waals surface area contributed by atoms with E-state index < -0.39 is 0 Å². The molecule has 0 aromatic heterocycles. The van der Waals surface area contributed by atoms with Crippen LogP contribution in [0.2, 0.25) is 0 Å². The summed E-state index contributed by atoms with van der Waals surface area (Å²) in [5.41, 5.74) is 7.47. The van der Waals surface area contributed by atoms with E-state index in [1.165, 1.54) is 5.56 Å². The number of nitrogens with zero attached hydrogens (tertiary/aromatic N) is 1. The molecule has 0 atom stereocenters. The van der Waals surface area contributed by atoms with Crippen LogP contribution in [0.5, 0.6) is 0 Å². The molecule has 0 spiro atoms. The van der Waals surface area contributed by atoms with Crippen molar-refractivity contribution in [2.45, 2.75) is 33.1 Å². The maximum absolute atomic E-state index is 12.3. The van der Waals surface area contributed by atoms with Crippen LogP contribution in [0, 0.1) is 0 Å². The van der Waals surface area contributed by atoms with Gasteiger partial charge in [-0.1, -0.05) is 45.1 Å². The SMILES string of the molecule is CCN(CC(N)=S)C(=O)c1ccc(C(C)(C)C)cc1. The highest BCUT2D eigenvalue weighted by molar-refractivity contribution is 7.80. The molecule has 0 heterocycles. The lowest BCUT2D eigenvalue weighted by Crippen LogP contribution is -2.37. The van der Waals surface area contributed by atoms with Gasteiger partial charge in [-0.2, -0.15) is 0 Å². The molecule has 0 aliphatic heterocycles. The maximum Gasteiger partial charge on any atom is 0.254 e. The first-order valence-corrected chi connectivity index (χ1v) is 6.84. The lowest BCUT2D eigenvalue weighted by atomic mass is 9.86. The third-order valence-corrected chi connectivity index (χ3v) is 3.14. The van der Waals surface area contributed by atoms with Crippen molar-refractivity contribution in [1.82, 2.24) is 4.90 Å². The zero-order valence-electron chi connectivity index (χ0n) is 12.1. The molecule has 0 bridgehead atoms. The van der Waals surface area contributed by atoms with Gasteiger partial charge in [0.2, 0.25) is 0 Å². The predicted octanol–water partition coefficient (Wildman–Crippen LogP) is 2.73. The topological polar surface area (TPSA) is 46.3 Å². The predicted molar refractivity (Wildman–Crippen MR) is 83.5 cm³/mol. The molecule has 0 unspecified atom stereocenters. The summed E-state index contributed by atoms with van der Waals surface area (Å²) in [5.74, 6) is -0.0317. The number of carbonyl (C=O) groups is 1. The summed E-state index contributed by atoms with van der Waals surface area (Å²) in [5, 5.41) is 0. The van der Waals surface area contributed by atoms with E-state index >= 15 is 0 Å². The number of thiocarbonyl (C=S) groups is 1. The van der Waals surface area contributed by atoms with E-state index in [0.29, 0.717) is 23.6 Å². The minimum Gasteiger partial charge on any atom is -0.392 e. The number of hydrogen-bond donors (Lipinski definition) is 1. The Morgan fingerprint density at radius 2 is 1.79 bits per heavy atom. The third-order valence-electron chi connectivity index (χ3n) is 3.01. The quantitative estimate of drug-likeness (QED) is 0.861. The van der Waals surface area contributed by atoms with Crippen LogP contribution in [0.25, 0.3) is 0 Å². The summed E-state index contributed by atoms with van der Waals surface area (Å²) in [6, 6.07) is 7.74. The van der Waals surface area contributed by atoms with Gasteiger partial charge in [0.1, 0.15) is 0 Å². The van der Waals surface area contributed by atoms with Gasteiger partial charge in [-0.25, -0.2) is 0 Å². The van der Waals surface area contributed by atoms with Gasteiger partial charge in [0.25, 0.3) is 5.91 Å². The van der Waals surface area contributed by atoms with Crippen LogP contribution < -0.4 is 5.73 Å². The number of benzene rings is 1. The molecule has 4 heteroatoms. The lowest BCUT2D eigenvalue weighted by Gasteiger charge is -2.22. The highest BCUT2D eigenvalue weighted by Gasteiger charge is 2.17. The van der Waals surface area contributed by atoms with Crippen molar-refractivity contribution in [3.05, 3.63) is 35.4 Å². The number of likely N-dealkylation sites (N-methyl/N-ethyl adjacent to an activating group) is 1. The molecule has 0 saturated heterocycles. The molecule has 0 saturated carbocycles. The van der Waals surface area contributed by atoms with Crippen molar-refractivity contribution in [2.75, 3.05) is 13.1 Å². The van der Waals surface area contributed by atoms with Gasteiger partial charge < -0.3 is 10.6 Å². The molecule has 0 aliphatic rings.